The molecule has 0 aliphatic heterocycles. The summed E-state index contributed by atoms with van der Waals surface area (Å²) in [7, 11) is 0. The highest BCUT2D eigenvalue weighted by atomic mass is 32.2. The van der Waals surface area contributed by atoms with Gasteiger partial charge in [0.05, 0.1) is 16.2 Å². The van der Waals surface area contributed by atoms with Crippen LogP contribution in [0.5, 0.6) is 0 Å². The first-order valence-electron chi connectivity index (χ1n) is 9.98. The van der Waals surface area contributed by atoms with Gasteiger partial charge in [-0.1, -0.05) is 37.2 Å². The molecule has 1 atom stereocenters. The van der Waals surface area contributed by atoms with Gasteiger partial charge in [0.25, 0.3) is 5.56 Å². The molecule has 0 saturated carbocycles. The van der Waals surface area contributed by atoms with E-state index in [0.29, 0.717) is 33.9 Å². The summed E-state index contributed by atoms with van der Waals surface area (Å²) in [5.74, 6) is -0.218. The van der Waals surface area contributed by atoms with Crippen molar-refractivity contribution < 1.29 is 9.59 Å². The fraction of sp³-hybridized carbons (Fsp3) is 0.304. The number of benzene rings is 2. The summed E-state index contributed by atoms with van der Waals surface area (Å²) in [5.41, 5.74) is 1.75. The molecule has 7 heteroatoms. The van der Waals surface area contributed by atoms with Crippen molar-refractivity contribution in [2.24, 2.45) is 0 Å². The van der Waals surface area contributed by atoms with E-state index in [4.69, 9.17) is 0 Å². The molecule has 0 spiro atoms. The van der Waals surface area contributed by atoms with Crippen LogP contribution in [-0.2, 0) is 11.3 Å². The van der Waals surface area contributed by atoms with Crippen molar-refractivity contribution in [3.63, 3.8) is 0 Å². The van der Waals surface area contributed by atoms with Gasteiger partial charge in [-0.2, -0.15) is 0 Å². The predicted molar refractivity (Wildman–Crippen MR) is 121 cm³/mol. The zero-order chi connectivity index (χ0) is 21.7. The van der Waals surface area contributed by atoms with Gasteiger partial charge in [0.2, 0.25) is 5.91 Å². The third-order valence-electron chi connectivity index (χ3n) is 4.70. The van der Waals surface area contributed by atoms with Gasteiger partial charge in [0.15, 0.2) is 10.9 Å². The zero-order valence-electron chi connectivity index (χ0n) is 17.3. The van der Waals surface area contributed by atoms with Gasteiger partial charge in [-0.25, -0.2) is 4.98 Å². The Morgan fingerprint density at radius 1 is 1.13 bits per heavy atom. The van der Waals surface area contributed by atoms with Crippen LogP contribution in [0.1, 0.15) is 44.0 Å². The van der Waals surface area contributed by atoms with Gasteiger partial charge >= 0.3 is 0 Å². The maximum atomic E-state index is 13.0. The number of hydrogen-bond donors (Lipinski definition) is 1. The van der Waals surface area contributed by atoms with Crippen LogP contribution in [0.15, 0.2) is 58.5 Å². The smallest absolute Gasteiger partial charge is 0.262 e. The molecular weight excluding hydrogens is 398 g/mol. The summed E-state index contributed by atoms with van der Waals surface area (Å²) in [6.45, 7) is 5.90. The first kappa shape index (κ1) is 21.8. The Balaban J connectivity index is 1.87. The third-order valence-corrected chi connectivity index (χ3v) is 5.79. The lowest BCUT2D eigenvalue weighted by atomic mass is 10.1. The first-order chi connectivity index (χ1) is 14.4. The predicted octanol–water partition coefficient (Wildman–Crippen LogP) is 4.52. The molecule has 30 heavy (non-hydrogen) atoms. The Kier molecular flexibility index (Phi) is 7.05. The number of para-hydroxylation sites is 1. The molecule has 1 heterocycles. The van der Waals surface area contributed by atoms with E-state index >= 15 is 0 Å². The van der Waals surface area contributed by atoms with E-state index in [9.17, 15) is 14.4 Å². The molecule has 1 aromatic heterocycles. The molecule has 1 unspecified atom stereocenters. The van der Waals surface area contributed by atoms with Crippen molar-refractivity contribution in [3.8, 4) is 0 Å². The molecular formula is C23H25N3O3S. The highest BCUT2D eigenvalue weighted by Crippen LogP contribution is 2.26. The molecule has 0 saturated heterocycles. The maximum Gasteiger partial charge on any atom is 0.262 e. The Morgan fingerprint density at radius 2 is 1.83 bits per heavy atom. The van der Waals surface area contributed by atoms with Gasteiger partial charge in [0.1, 0.15) is 0 Å². The molecule has 3 rings (SSSR count). The number of nitrogens with one attached hydrogen (secondary N) is 1. The van der Waals surface area contributed by atoms with Gasteiger partial charge < -0.3 is 5.32 Å². The van der Waals surface area contributed by atoms with Crippen LogP contribution < -0.4 is 10.9 Å². The maximum absolute atomic E-state index is 13.0. The lowest BCUT2D eigenvalue weighted by Crippen LogP contribution is -2.25. The molecule has 0 aliphatic carbocycles. The van der Waals surface area contributed by atoms with Crippen LogP contribution in [-0.4, -0.2) is 26.5 Å². The highest BCUT2D eigenvalue weighted by Gasteiger charge is 2.20. The van der Waals surface area contributed by atoms with Gasteiger partial charge in [-0.05, 0) is 49.7 Å². The van der Waals surface area contributed by atoms with Crippen LogP contribution in [0.4, 0.5) is 5.69 Å². The number of amides is 1. The molecule has 2 aromatic carbocycles. The van der Waals surface area contributed by atoms with Crippen LogP contribution in [0.3, 0.4) is 0 Å². The molecule has 156 valence electrons. The molecule has 0 radical (unpaired) electrons. The van der Waals surface area contributed by atoms with E-state index in [-0.39, 0.29) is 17.2 Å². The number of anilines is 1. The van der Waals surface area contributed by atoms with E-state index in [2.05, 4.69) is 17.2 Å². The standard InChI is InChI=1S/C23H25N3O3S/c1-4-5-14-26-22(29)19-8-6-7-9-20(19)25-23(26)30-15(2)21(28)17-10-12-18(13-11-17)24-16(3)27/h6-13,15H,4-5,14H2,1-3H3,(H,24,27). The van der Waals surface area contributed by atoms with Crippen LogP contribution in [0, 0.1) is 0 Å². The number of rotatable bonds is 8. The van der Waals surface area contributed by atoms with E-state index in [1.165, 1.54) is 18.7 Å². The second kappa shape index (κ2) is 9.71. The van der Waals surface area contributed by atoms with Gasteiger partial charge in [-0.15, -0.1) is 0 Å². The number of unbranched alkanes of at least 4 members (excludes halogenated alkanes) is 1. The molecule has 0 bridgehead atoms. The normalized spacial score (nSPS) is 12.0. The number of hydrogen-bond acceptors (Lipinski definition) is 5. The number of carbonyl (C=O) groups is 2. The fourth-order valence-corrected chi connectivity index (χ4v) is 4.13. The van der Waals surface area contributed by atoms with Crippen LogP contribution in [0.2, 0.25) is 0 Å². The number of carbonyl (C=O) groups excluding carboxylic acids is 2. The van der Waals surface area contributed by atoms with E-state index < -0.39 is 5.25 Å². The number of fused-ring (bicyclic) bond motifs is 1. The second-order valence-electron chi connectivity index (χ2n) is 7.10. The van der Waals surface area contributed by atoms with Crippen molar-refractivity contribution in [3.05, 3.63) is 64.4 Å². The Morgan fingerprint density at radius 3 is 2.50 bits per heavy atom. The summed E-state index contributed by atoms with van der Waals surface area (Å²) < 4.78 is 1.68. The number of Topliss-reactive ketones (excluding diaryl/α,β-unsaturated/α-hetero) is 1. The van der Waals surface area contributed by atoms with Crippen molar-refractivity contribution in [2.75, 3.05) is 5.32 Å². The van der Waals surface area contributed by atoms with E-state index in [0.717, 1.165) is 12.8 Å². The number of aromatic nitrogens is 2. The van der Waals surface area contributed by atoms with E-state index in [1.54, 1.807) is 34.9 Å². The minimum absolute atomic E-state index is 0.0566. The Labute approximate surface area is 179 Å². The first-order valence-corrected chi connectivity index (χ1v) is 10.9. The average Bonchev–Trinajstić information content (AvgIpc) is 2.73. The lowest BCUT2D eigenvalue weighted by Gasteiger charge is -2.16. The molecule has 0 fully saturated rings. The summed E-state index contributed by atoms with van der Waals surface area (Å²) >= 11 is 1.30. The SMILES string of the molecule is CCCCn1c(SC(C)C(=O)c2ccc(NC(C)=O)cc2)nc2ccccc2c1=O. The van der Waals surface area contributed by atoms with Gasteiger partial charge in [-0.3, -0.25) is 19.0 Å². The Bertz CT molecular complexity index is 1120. The highest BCUT2D eigenvalue weighted by molar-refractivity contribution is 8.00. The monoisotopic (exact) mass is 423 g/mol. The summed E-state index contributed by atoms with van der Waals surface area (Å²) in [6, 6.07) is 14.1. The van der Waals surface area contributed by atoms with Crippen molar-refractivity contribution in [1.82, 2.24) is 9.55 Å². The molecule has 1 N–H and O–H groups in total. The second-order valence-corrected chi connectivity index (χ2v) is 8.41. The Hall–Kier alpha value is -2.93. The summed E-state index contributed by atoms with van der Waals surface area (Å²) in [4.78, 5) is 41.8. The summed E-state index contributed by atoms with van der Waals surface area (Å²) in [6.07, 6.45) is 1.82. The summed E-state index contributed by atoms with van der Waals surface area (Å²) in [5, 5.41) is 3.41. The van der Waals surface area contributed by atoms with Crippen LogP contribution in [0.25, 0.3) is 10.9 Å². The number of thioether (sulfide) groups is 1. The van der Waals surface area contributed by atoms with Crippen molar-refractivity contribution in [1.29, 1.82) is 0 Å². The minimum Gasteiger partial charge on any atom is -0.326 e. The number of nitrogens with zero attached hydrogens (tertiary/aromatic N) is 2. The molecule has 6 nitrogen and oxygen atoms in total. The molecule has 1 amide bonds. The minimum atomic E-state index is -0.419. The third kappa shape index (κ3) is 4.97. The molecule has 0 aliphatic rings. The molecule has 3 aromatic rings. The number of ketones is 1. The quantitative estimate of drug-likeness (QED) is 0.327. The van der Waals surface area contributed by atoms with Gasteiger partial charge in [0, 0.05) is 24.7 Å². The van der Waals surface area contributed by atoms with Crippen LogP contribution >= 0.6 is 11.8 Å². The largest absolute Gasteiger partial charge is 0.326 e. The average molecular weight is 424 g/mol. The lowest BCUT2D eigenvalue weighted by molar-refractivity contribution is -0.114. The zero-order valence-corrected chi connectivity index (χ0v) is 18.2. The van der Waals surface area contributed by atoms with E-state index in [1.807, 2.05) is 25.1 Å². The fourth-order valence-electron chi connectivity index (χ4n) is 3.12. The topological polar surface area (TPSA) is 81.1 Å². The van der Waals surface area contributed by atoms with Crippen molar-refractivity contribution in [2.45, 2.75) is 50.6 Å². The van der Waals surface area contributed by atoms with Crippen molar-refractivity contribution >= 4 is 40.0 Å².